The minimum absolute atomic E-state index is 0.0141. The monoisotopic (exact) mass is 318 g/mol. The van der Waals surface area contributed by atoms with E-state index < -0.39 is 0 Å². The summed E-state index contributed by atoms with van der Waals surface area (Å²) in [7, 11) is 0. The molecule has 0 radical (unpaired) electrons. The lowest BCUT2D eigenvalue weighted by atomic mass is 10.1. The average Bonchev–Trinajstić information content (AvgIpc) is 2.16. The second-order valence-corrected chi connectivity index (χ2v) is 3.89. The Kier molecular flexibility index (Phi) is 3.40. The molecule has 0 aliphatic rings. The number of halogens is 1. The van der Waals surface area contributed by atoms with Crippen molar-refractivity contribution in [3.05, 3.63) is 35.1 Å². The number of nitrogen functional groups attached to an aromatic ring is 1. The highest BCUT2D eigenvalue weighted by atomic mass is 127. The van der Waals surface area contributed by atoms with Crippen LogP contribution in [0.1, 0.15) is 15.9 Å². The molecule has 0 aromatic heterocycles. The highest BCUT2D eigenvalue weighted by Crippen LogP contribution is 2.24. The molecule has 6 heteroatoms. The predicted molar refractivity (Wildman–Crippen MR) is 68.7 cm³/mol. The predicted octanol–water partition coefficient (Wildman–Crippen LogP) is 0.346. The molecule has 0 aliphatic heterocycles. The van der Waals surface area contributed by atoms with Crippen LogP contribution >= 0.6 is 22.6 Å². The molecule has 1 aromatic carbocycles. The van der Waals surface area contributed by atoms with Gasteiger partial charge in [0.2, 0.25) is 3.79 Å². The molecule has 0 spiro atoms. The van der Waals surface area contributed by atoms with Crippen LogP contribution in [0.5, 0.6) is 0 Å². The zero-order valence-electron chi connectivity index (χ0n) is 7.83. The summed E-state index contributed by atoms with van der Waals surface area (Å²) < 4.78 is -0.157. The molecule has 0 bridgehead atoms. The number of rotatable bonds is 2. The zero-order valence-corrected chi connectivity index (χ0v) is 9.99. The molecule has 0 amide bonds. The standard InChI is InChI=1S/C9H11IN4O/c10-8(15)5-3-1-2-4(6(5)11)7(12)9(13)14/h1-3H,11-14H2. The fourth-order valence-electron chi connectivity index (χ4n) is 1.13. The van der Waals surface area contributed by atoms with Crippen molar-refractivity contribution in [1.82, 2.24) is 0 Å². The van der Waals surface area contributed by atoms with E-state index in [1.807, 2.05) is 0 Å². The van der Waals surface area contributed by atoms with E-state index in [0.717, 1.165) is 0 Å². The summed E-state index contributed by atoms with van der Waals surface area (Å²) in [6.45, 7) is 0. The molecule has 0 unspecified atom stereocenters. The van der Waals surface area contributed by atoms with E-state index >= 15 is 0 Å². The van der Waals surface area contributed by atoms with Crippen molar-refractivity contribution >= 4 is 37.8 Å². The Balaban J connectivity index is 3.40. The fourth-order valence-corrected chi connectivity index (χ4v) is 1.60. The second-order valence-electron chi connectivity index (χ2n) is 2.91. The van der Waals surface area contributed by atoms with Gasteiger partial charge in [-0.3, -0.25) is 4.79 Å². The second kappa shape index (κ2) is 4.39. The van der Waals surface area contributed by atoms with Gasteiger partial charge >= 0.3 is 0 Å². The first-order valence-corrected chi connectivity index (χ1v) is 5.12. The van der Waals surface area contributed by atoms with Crippen molar-refractivity contribution in [3.8, 4) is 0 Å². The summed E-state index contributed by atoms with van der Waals surface area (Å²) in [6, 6.07) is 4.95. The van der Waals surface area contributed by atoms with E-state index in [9.17, 15) is 4.79 Å². The molecule has 0 saturated heterocycles. The number of hydrogen-bond acceptors (Lipinski definition) is 5. The van der Waals surface area contributed by atoms with Gasteiger partial charge in [0.25, 0.3) is 0 Å². The molecule has 15 heavy (non-hydrogen) atoms. The SMILES string of the molecule is NC(N)=C(N)c1cccc(C(=O)I)c1N. The molecule has 0 fully saturated rings. The summed E-state index contributed by atoms with van der Waals surface area (Å²) >= 11 is 1.65. The number of anilines is 1. The normalized spacial score (nSPS) is 9.67. The molecule has 8 N–H and O–H groups in total. The topological polar surface area (TPSA) is 121 Å². The first-order chi connectivity index (χ1) is 6.95. The van der Waals surface area contributed by atoms with E-state index in [1.54, 1.807) is 40.8 Å². The van der Waals surface area contributed by atoms with Crippen LogP contribution in [0.25, 0.3) is 5.70 Å². The molecule has 1 aromatic rings. The molecule has 0 atom stereocenters. The summed E-state index contributed by atoms with van der Waals surface area (Å²) in [5.41, 5.74) is 23.5. The van der Waals surface area contributed by atoms with Crippen molar-refractivity contribution in [3.63, 3.8) is 0 Å². The molecule has 1 rings (SSSR count). The lowest BCUT2D eigenvalue weighted by Crippen LogP contribution is -2.17. The Morgan fingerprint density at radius 1 is 1.13 bits per heavy atom. The Hall–Kier alpha value is -1.44. The van der Waals surface area contributed by atoms with E-state index in [-0.39, 0.29) is 15.3 Å². The minimum atomic E-state index is -0.157. The maximum Gasteiger partial charge on any atom is 0.224 e. The molecule has 0 saturated carbocycles. The van der Waals surface area contributed by atoms with E-state index in [2.05, 4.69) is 0 Å². The quantitative estimate of drug-likeness (QED) is 0.356. The fraction of sp³-hybridized carbons (Fsp3) is 0. The van der Waals surface area contributed by atoms with Crippen LogP contribution in [-0.4, -0.2) is 3.79 Å². The maximum atomic E-state index is 11.2. The number of para-hydroxylation sites is 1. The van der Waals surface area contributed by atoms with Gasteiger partial charge in [-0.2, -0.15) is 0 Å². The van der Waals surface area contributed by atoms with Crippen LogP contribution in [0.15, 0.2) is 24.0 Å². The van der Waals surface area contributed by atoms with Gasteiger partial charge in [-0.25, -0.2) is 0 Å². The van der Waals surface area contributed by atoms with Crippen molar-refractivity contribution in [2.75, 3.05) is 5.73 Å². The Labute approximate surface area is 101 Å². The molecule has 80 valence electrons. The third-order valence-electron chi connectivity index (χ3n) is 1.92. The third-order valence-corrected chi connectivity index (χ3v) is 2.50. The lowest BCUT2D eigenvalue weighted by molar-refractivity contribution is 0.110. The number of carbonyl (C=O) groups is 1. The van der Waals surface area contributed by atoms with Gasteiger partial charge in [0.1, 0.15) is 5.82 Å². The van der Waals surface area contributed by atoms with Crippen LogP contribution in [0.4, 0.5) is 5.69 Å². The summed E-state index contributed by atoms with van der Waals surface area (Å²) in [5.74, 6) is -0.0141. The largest absolute Gasteiger partial charge is 0.398 e. The summed E-state index contributed by atoms with van der Waals surface area (Å²) in [5, 5.41) is 0. The van der Waals surface area contributed by atoms with Crippen molar-refractivity contribution < 1.29 is 4.79 Å². The van der Waals surface area contributed by atoms with Gasteiger partial charge in [0.05, 0.1) is 16.9 Å². The molecule has 5 nitrogen and oxygen atoms in total. The van der Waals surface area contributed by atoms with Crippen molar-refractivity contribution in [2.24, 2.45) is 17.2 Å². The zero-order chi connectivity index (χ0) is 11.6. The number of hydrogen-bond donors (Lipinski definition) is 4. The van der Waals surface area contributed by atoms with Crippen LogP contribution in [0.3, 0.4) is 0 Å². The van der Waals surface area contributed by atoms with Crippen molar-refractivity contribution in [1.29, 1.82) is 0 Å². The van der Waals surface area contributed by atoms with Crippen LogP contribution in [-0.2, 0) is 0 Å². The number of benzene rings is 1. The van der Waals surface area contributed by atoms with Gasteiger partial charge in [-0.05, 0) is 6.07 Å². The average molecular weight is 318 g/mol. The lowest BCUT2D eigenvalue weighted by Gasteiger charge is -2.09. The van der Waals surface area contributed by atoms with Gasteiger partial charge in [-0.15, -0.1) is 0 Å². The van der Waals surface area contributed by atoms with Gasteiger partial charge in [-0.1, -0.05) is 12.1 Å². The van der Waals surface area contributed by atoms with Crippen LogP contribution < -0.4 is 22.9 Å². The van der Waals surface area contributed by atoms with Gasteiger partial charge < -0.3 is 22.9 Å². The molecule has 0 aliphatic carbocycles. The number of carbonyl (C=O) groups excluding carboxylic acids is 1. The highest BCUT2D eigenvalue weighted by Gasteiger charge is 2.12. The van der Waals surface area contributed by atoms with Crippen LogP contribution in [0, 0.1) is 0 Å². The molecular formula is C9H11IN4O. The first-order valence-electron chi connectivity index (χ1n) is 4.04. The summed E-state index contributed by atoms with van der Waals surface area (Å²) in [4.78, 5) is 11.2. The van der Waals surface area contributed by atoms with E-state index in [0.29, 0.717) is 16.8 Å². The van der Waals surface area contributed by atoms with Gasteiger partial charge in [0, 0.05) is 28.2 Å². The first kappa shape index (κ1) is 11.6. The smallest absolute Gasteiger partial charge is 0.224 e. The molecule has 0 heterocycles. The Morgan fingerprint density at radius 2 is 1.67 bits per heavy atom. The maximum absolute atomic E-state index is 11.2. The van der Waals surface area contributed by atoms with E-state index in [1.165, 1.54) is 0 Å². The van der Waals surface area contributed by atoms with Gasteiger partial charge in [0.15, 0.2) is 0 Å². The van der Waals surface area contributed by atoms with Crippen LogP contribution in [0.2, 0.25) is 0 Å². The molecular weight excluding hydrogens is 307 g/mol. The number of nitrogens with two attached hydrogens (primary N) is 4. The van der Waals surface area contributed by atoms with Crippen molar-refractivity contribution in [2.45, 2.75) is 0 Å². The Morgan fingerprint density at radius 3 is 2.13 bits per heavy atom. The summed E-state index contributed by atoms with van der Waals surface area (Å²) in [6.07, 6.45) is 0. The highest BCUT2D eigenvalue weighted by molar-refractivity contribution is 14.1. The van der Waals surface area contributed by atoms with E-state index in [4.69, 9.17) is 22.9 Å². The Bertz CT molecular complexity index is 438. The minimum Gasteiger partial charge on any atom is -0.398 e. The third kappa shape index (κ3) is 2.32.